The normalized spacial score (nSPS) is 24.3. The SMILES string of the molecule is O=C(O)[C@@H]1CCCN(C(=O)[C@@H]2COc3ccc(Cl)cc3C2)C1. The fourth-order valence-corrected chi connectivity index (χ4v) is 3.35. The third-order valence-electron chi connectivity index (χ3n) is 4.36. The lowest BCUT2D eigenvalue weighted by Gasteiger charge is -2.34. The molecule has 0 bridgehead atoms. The second kappa shape index (κ2) is 6.16. The van der Waals surface area contributed by atoms with Crippen molar-refractivity contribution in [1.29, 1.82) is 0 Å². The molecule has 118 valence electrons. The molecule has 0 spiro atoms. The Labute approximate surface area is 133 Å². The number of amides is 1. The summed E-state index contributed by atoms with van der Waals surface area (Å²) < 4.78 is 5.65. The van der Waals surface area contributed by atoms with E-state index < -0.39 is 11.9 Å². The molecule has 1 N–H and O–H groups in total. The molecule has 2 aliphatic heterocycles. The van der Waals surface area contributed by atoms with E-state index >= 15 is 0 Å². The first-order valence-electron chi connectivity index (χ1n) is 7.47. The molecule has 6 heteroatoms. The number of carbonyl (C=O) groups excluding carboxylic acids is 1. The van der Waals surface area contributed by atoms with E-state index in [1.54, 1.807) is 11.0 Å². The molecule has 0 radical (unpaired) electrons. The zero-order valence-corrected chi connectivity index (χ0v) is 12.9. The average Bonchev–Trinajstić information content (AvgIpc) is 2.53. The van der Waals surface area contributed by atoms with Crippen LogP contribution < -0.4 is 4.74 Å². The number of rotatable bonds is 2. The van der Waals surface area contributed by atoms with E-state index in [-0.39, 0.29) is 11.8 Å². The summed E-state index contributed by atoms with van der Waals surface area (Å²) in [6.07, 6.45) is 1.96. The average molecular weight is 324 g/mol. The predicted molar refractivity (Wildman–Crippen MR) is 81.1 cm³/mol. The maximum Gasteiger partial charge on any atom is 0.308 e. The van der Waals surface area contributed by atoms with E-state index in [0.29, 0.717) is 37.6 Å². The van der Waals surface area contributed by atoms with E-state index in [1.165, 1.54) is 0 Å². The van der Waals surface area contributed by atoms with Gasteiger partial charge in [-0.1, -0.05) is 11.6 Å². The Morgan fingerprint density at radius 1 is 1.32 bits per heavy atom. The number of carbonyl (C=O) groups is 2. The van der Waals surface area contributed by atoms with Gasteiger partial charge in [-0.05, 0) is 43.0 Å². The summed E-state index contributed by atoms with van der Waals surface area (Å²) in [6.45, 7) is 1.26. The minimum Gasteiger partial charge on any atom is -0.492 e. The number of carboxylic acid groups (broad SMARTS) is 1. The topological polar surface area (TPSA) is 66.8 Å². The van der Waals surface area contributed by atoms with Crippen molar-refractivity contribution in [1.82, 2.24) is 4.90 Å². The molecule has 1 aromatic carbocycles. The van der Waals surface area contributed by atoms with Gasteiger partial charge in [0, 0.05) is 18.1 Å². The van der Waals surface area contributed by atoms with Gasteiger partial charge in [0.05, 0.1) is 11.8 Å². The molecule has 1 saturated heterocycles. The monoisotopic (exact) mass is 323 g/mol. The molecule has 5 nitrogen and oxygen atoms in total. The molecular formula is C16H18ClNO4. The minimum absolute atomic E-state index is 0.0171. The number of likely N-dealkylation sites (tertiary alicyclic amines) is 1. The third kappa shape index (κ3) is 3.04. The van der Waals surface area contributed by atoms with Crippen molar-refractivity contribution in [3.63, 3.8) is 0 Å². The molecule has 0 aromatic heterocycles. The van der Waals surface area contributed by atoms with Gasteiger partial charge in [0.2, 0.25) is 5.91 Å². The number of fused-ring (bicyclic) bond motifs is 1. The van der Waals surface area contributed by atoms with E-state index in [1.807, 2.05) is 12.1 Å². The largest absolute Gasteiger partial charge is 0.492 e. The van der Waals surface area contributed by atoms with Crippen molar-refractivity contribution in [2.45, 2.75) is 19.3 Å². The summed E-state index contributed by atoms with van der Waals surface area (Å²) in [5.74, 6) is -0.788. The molecule has 0 unspecified atom stereocenters. The van der Waals surface area contributed by atoms with Crippen molar-refractivity contribution < 1.29 is 19.4 Å². The van der Waals surface area contributed by atoms with Crippen LogP contribution in [0.15, 0.2) is 18.2 Å². The number of hydrogen-bond donors (Lipinski definition) is 1. The second-order valence-electron chi connectivity index (χ2n) is 5.93. The highest BCUT2D eigenvalue weighted by atomic mass is 35.5. The van der Waals surface area contributed by atoms with Crippen LogP contribution >= 0.6 is 11.6 Å². The lowest BCUT2D eigenvalue weighted by atomic mass is 9.93. The van der Waals surface area contributed by atoms with E-state index in [4.69, 9.17) is 21.4 Å². The molecule has 0 saturated carbocycles. The summed E-state index contributed by atoms with van der Waals surface area (Å²) in [5, 5.41) is 9.76. The van der Waals surface area contributed by atoms with Crippen molar-refractivity contribution in [3.05, 3.63) is 28.8 Å². The summed E-state index contributed by atoms with van der Waals surface area (Å²) in [6, 6.07) is 5.41. The summed E-state index contributed by atoms with van der Waals surface area (Å²) in [7, 11) is 0. The molecule has 1 amide bonds. The highest BCUT2D eigenvalue weighted by Crippen LogP contribution is 2.31. The zero-order valence-electron chi connectivity index (χ0n) is 12.1. The Morgan fingerprint density at radius 2 is 2.14 bits per heavy atom. The van der Waals surface area contributed by atoms with Gasteiger partial charge in [-0.25, -0.2) is 0 Å². The van der Waals surface area contributed by atoms with E-state index in [9.17, 15) is 9.59 Å². The van der Waals surface area contributed by atoms with Gasteiger partial charge in [0.25, 0.3) is 0 Å². The van der Waals surface area contributed by atoms with Gasteiger partial charge in [-0.3, -0.25) is 9.59 Å². The zero-order chi connectivity index (χ0) is 15.7. The Hall–Kier alpha value is -1.75. The first-order chi connectivity index (χ1) is 10.5. The quantitative estimate of drug-likeness (QED) is 0.906. The molecular weight excluding hydrogens is 306 g/mol. The maximum absolute atomic E-state index is 12.6. The van der Waals surface area contributed by atoms with Crippen LogP contribution in [0.1, 0.15) is 18.4 Å². The van der Waals surface area contributed by atoms with Crippen LogP contribution in [-0.2, 0) is 16.0 Å². The highest BCUT2D eigenvalue weighted by molar-refractivity contribution is 6.30. The van der Waals surface area contributed by atoms with Crippen LogP contribution in [-0.4, -0.2) is 41.6 Å². The van der Waals surface area contributed by atoms with Crippen molar-refractivity contribution >= 4 is 23.5 Å². The van der Waals surface area contributed by atoms with Gasteiger partial charge in [-0.15, -0.1) is 0 Å². The Balaban J connectivity index is 1.69. The van der Waals surface area contributed by atoms with Gasteiger partial charge < -0.3 is 14.7 Å². The Kier molecular flexibility index (Phi) is 4.25. The molecule has 2 atom stereocenters. The third-order valence-corrected chi connectivity index (χ3v) is 4.60. The predicted octanol–water partition coefficient (Wildman–Crippen LogP) is 2.21. The fourth-order valence-electron chi connectivity index (χ4n) is 3.16. The maximum atomic E-state index is 12.6. The number of aliphatic carboxylic acids is 1. The molecule has 2 heterocycles. The van der Waals surface area contributed by atoms with Crippen molar-refractivity contribution in [3.8, 4) is 5.75 Å². The first kappa shape index (κ1) is 15.2. The molecule has 0 aliphatic carbocycles. The second-order valence-corrected chi connectivity index (χ2v) is 6.36. The standard InChI is InChI=1S/C16H18ClNO4/c17-13-3-4-14-11(7-13)6-12(9-22-14)15(19)18-5-1-2-10(8-18)16(20)21/h3-4,7,10,12H,1-2,5-6,8-9H2,(H,20,21)/t10-,12+/m1/s1. The van der Waals surface area contributed by atoms with E-state index in [0.717, 1.165) is 17.7 Å². The van der Waals surface area contributed by atoms with Crippen LogP contribution in [0.2, 0.25) is 5.02 Å². The number of benzene rings is 1. The number of nitrogens with zero attached hydrogens (tertiary/aromatic N) is 1. The first-order valence-corrected chi connectivity index (χ1v) is 7.85. The number of ether oxygens (including phenoxy) is 1. The van der Waals surface area contributed by atoms with Crippen LogP contribution in [0, 0.1) is 11.8 Å². The Bertz CT molecular complexity index is 604. The lowest BCUT2D eigenvalue weighted by molar-refractivity contribution is -0.147. The van der Waals surface area contributed by atoms with Gasteiger partial charge in [0.1, 0.15) is 12.4 Å². The van der Waals surface area contributed by atoms with Gasteiger partial charge in [-0.2, -0.15) is 0 Å². The molecule has 1 aromatic rings. The Morgan fingerprint density at radius 3 is 2.91 bits per heavy atom. The number of hydrogen-bond acceptors (Lipinski definition) is 3. The summed E-state index contributed by atoms with van der Waals surface area (Å²) in [5.41, 5.74) is 0.934. The lowest BCUT2D eigenvalue weighted by Crippen LogP contribution is -2.47. The van der Waals surface area contributed by atoms with E-state index in [2.05, 4.69) is 0 Å². The fraction of sp³-hybridized carbons (Fsp3) is 0.500. The molecule has 1 fully saturated rings. The van der Waals surface area contributed by atoms with Gasteiger partial charge in [0.15, 0.2) is 0 Å². The van der Waals surface area contributed by atoms with Crippen LogP contribution in [0.5, 0.6) is 5.75 Å². The molecule has 2 aliphatic rings. The van der Waals surface area contributed by atoms with Crippen molar-refractivity contribution in [2.75, 3.05) is 19.7 Å². The summed E-state index contributed by atoms with van der Waals surface area (Å²) in [4.78, 5) is 25.4. The summed E-state index contributed by atoms with van der Waals surface area (Å²) >= 11 is 5.99. The number of halogens is 1. The number of piperidine rings is 1. The van der Waals surface area contributed by atoms with Crippen LogP contribution in [0.4, 0.5) is 0 Å². The van der Waals surface area contributed by atoms with Crippen molar-refractivity contribution in [2.24, 2.45) is 11.8 Å². The highest BCUT2D eigenvalue weighted by Gasteiger charge is 2.34. The van der Waals surface area contributed by atoms with Crippen LogP contribution in [0.3, 0.4) is 0 Å². The number of carboxylic acids is 1. The van der Waals surface area contributed by atoms with Gasteiger partial charge >= 0.3 is 5.97 Å². The molecule has 22 heavy (non-hydrogen) atoms. The molecule has 3 rings (SSSR count). The minimum atomic E-state index is -0.825. The smallest absolute Gasteiger partial charge is 0.308 e. The van der Waals surface area contributed by atoms with Crippen LogP contribution in [0.25, 0.3) is 0 Å².